The number of esters is 1. The molecule has 3 unspecified atom stereocenters. The topological polar surface area (TPSA) is 38.3 Å². The molecule has 0 aromatic carbocycles. The quantitative estimate of drug-likeness (QED) is 0.372. The van der Waals surface area contributed by atoms with Crippen molar-refractivity contribution in [2.45, 2.75) is 13.3 Å². The van der Waals surface area contributed by atoms with E-state index in [1.807, 2.05) is 0 Å². The van der Waals surface area contributed by atoms with Crippen LogP contribution in [-0.4, -0.2) is 25.7 Å². The molecule has 2 fully saturated rings. The third-order valence-corrected chi connectivity index (χ3v) is 2.98. The van der Waals surface area contributed by atoms with Crippen LogP contribution in [0.2, 0.25) is 0 Å². The number of hydrogen-bond donors (Lipinski definition) is 1. The van der Waals surface area contributed by atoms with Crippen molar-refractivity contribution in [2.24, 2.45) is 17.8 Å². The summed E-state index contributed by atoms with van der Waals surface area (Å²) in [6, 6.07) is 0. The van der Waals surface area contributed by atoms with Crippen molar-refractivity contribution in [1.29, 1.82) is 0 Å². The first kappa shape index (κ1) is 9.54. The lowest BCUT2D eigenvalue weighted by molar-refractivity contribution is -0.136. The van der Waals surface area contributed by atoms with Crippen LogP contribution in [0.15, 0.2) is 0 Å². The van der Waals surface area contributed by atoms with Gasteiger partial charge in [0.05, 0.1) is 6.61 Å². The largest absolute Gasteiger partial charge is 0.456 e. The number of fused-ring (bicyclic) bond motifs is 1. The van der Waals surface area contributed by atoms with Crippen LogP contribution in [0, 0.1) is 29.6 Å². The molecule has 1 aliphatic carbocycles. The molecule has 76 valence electrons. The standard InChI is InChI=1S/C11H15NO2/c1-2-14-11(13)4-3-8-9-5-6-12-7-10(8)9/h8-10,12H,2,5-7H2,1H3. The Balaban J connectivity index is 1.84. The van der Waals surface area contributed by atoms with Crippen molar-refractivity contribution < 1.29 is 9.53 Å². The molecule has 3 heteroatoms. The molecule has 0 spiro atoms. The van der Waals surface area contributed by atoms with Gasteiger partial charge in [-0.25, -0.2) is 4.79 Å². The van der Waals surface area contributed by atoms with E-state index in [9.17, 15) is 4.79 Å². The predicted octanol–water partition coefficient (Wildman–Crippen LogP) is 0.408. The Kier molecular flexibility index (Phi) is 2.74. The zero-order valence-electron chi connectivity index (χ0n) is 8.38. The summed E-state index contributed by atoms with van der Waals surface area (Å²) in [5.41, 5.74) is 0. The van der Waals surface area contributed by atoms with Crippen LogP contribution in [0.25, 0.3) is 0 Å². The van der Waals surface area contributed by atoms with Gasteiger partial charge in [-0.3, -0.25) is 0 Å². The van der Waals surface area contributed by atoms with Gasteiger partial charge in [0, 0.05) is 11.8 Å². The lowest BCUT2D eigenvalue weighted by atomic mass is 10.2. The third-order valence-electron chi connectivity index (χ3n) is 2.98. The zero-order chi connectivity index (χ0) is 9.97. The summed E-state index contributed by atoms with van der Waals surface area (Å²) in [5.74, 6) is 7.06. The molecule has 2 rings (SSSR count). The normalized spacial score (nSPS) is 33.6. The first-order valence-corrected chi connectivity index (χ1v) is 5.22. The van der Waals surface area contributed by atoms with Crippen LogP contribution in [-0.2, 0) is 9.53 Å². The Morgan fingerprint density at radius 1 is 1.57 bits per heavy atom. The fourth-order valence-corrected chi connectivity index (χ4v) is 2.18. The van der Waals surface area contributed by atoms with Crippen molar-refractivity contribution in [3.8, 4) is 11.8 Å². The fraction of sp³-hybridized carbons (Fsp3) is 0.727. The van der Waals surface area contributed by atoms with E-state index >= 15 is 0 Å². The molecule has 2 aliphatic rings. The Morgan fingerprint density at radius 3 is 3.07 bits per heavy atom. The highest BCUT2D eigenvalue weighted by Gasteiger charge is 2.49. The third kappa shape index (κ3) is 1.91. The summed E-state index contributed by atoms with van der Waals surface area (Å²) in [5, 5.41) is 3.33. The van der Waals surface area contributed by atoms with Gasteiger partial charge in [-0.2, -0.15) is 0 Å². The van der Waals surface area contributed by atoms with Crippen LogP contribution in [0.4, 0.5) is 0 Å². The van der Waals surface area contributed by atoms with Crippen molar-refractivity contribution in [2.75, 3.05) is 19.7 Å². The van der Waals surface area contributed by atoms with Gasteiger partial charge in [0.25, 0.3) is 0 Å². The van der Waals surface area contributed by atoms with E-state index in [1.165, 1.54) is 6.42 Å². The molecular formula is C11H15NO2. The molecule has 3 atom stereocenters. The highest BCUT2D eigenvalue weighted by atomic mass is 16.5. The smallest absolute Gasteiger partial charge is 0.384 e. The first-order chi connectivity index (χ1) is 6.83. The summed E-state index contributed by atoms with van der Waals surface area (Å²) in [7, 11) is 0. The van der Waals surface area contributed by atoms with E-state index in [0.717, 1.165) is 19.0 Å². The summed E-state index contributed by atoms with van der Waals surface area (Å²) >= 11 is 0. The van der Waals surface area contributed by atoms with Crippen LogP contribution in [0.5, 0.6) is 0 Å². The number of carbonyl (C=O) groups is 1. The van der Waals surface area contributed by atoms with E-state index in [4.69, 9.17) is 4.74 Å². The van der Waals surface area contributed by atoms with Gasteiger partial charge in [0.15, 0.2) is 0 Å². The Morgan fingerprint density at radius 2 is 2.43 bits per heavy atom. The molecule has 1 saturated heterocycles. The number of hydrogen-bond acceptors (Lipinski definition) is 3. The number of rotatable bonds is 1. The first-order valence-electron chi connectivity index (χ1n) is 5.22. The van der Waals surface area contributed by atoms with E-state index < -0.39 is 0 Å². The van der Waals surface area contributed by atoms with Gasteiger partial charge in [-0.05, 0) is 38.3 Å². The number of piperidine rings is 1. The summed E-state index contributed by atoms with van der Waals surface area (Å²) in [4.78, 5) is 11.0. The highest BCUT2D eigenvalue weighted by molar-refractivity contribution is 5.88. The Labute approximate surface area is 84.2 Å². The van der Waals surface area contributed by atoms with Gasteiger partial charge in [0.1, 0.15) is 0 Å². The minimum absolute atomic E-state index is 0.385. The fourth-order valence-electron chi connectivity index (χ4n) is 2.18. The Hall–Kier alpha value is -1.01. The monoisotopic (exact) mass is 193 g/mol. The van der Waals surface area contributed by atoms with E-state index in [0.29, 0.717) is 18.4 Å². The second-order valence-electron chi connectivity index (χ2n) is 3.84. The maximum atomic E-state index is 11.0. The highest BCUT2D eigenvalue weighted by Crippen LogP contribution is 2.49. The maximum absolute atomic E-state index is 11.0. The molecule has 0 aromatic rings. The van der Waals surface area contributed by atoms with Crippen molar-refractivity contribution in [3.05, 3.63) is 0 Å². The Bertz CT molecular complexity index is 277. The molecule has 1 saturated carbocycles. The average Bonchev–Trinajstić information content (AvgIpc) is 2.89. The number of nitrogens with one attached hydrogen (secondary N) is 1. The second kappa shape index (κ2) is 4.02. The number of ether oxygens (including phenoxy) is 1. The van der Waals surface area contributed by atoms with Gasteiger partial charge in [0.2, 0.25) is 0 Å². The van der Waals surface area contributed by atoms with Crippen LogP contribution < -0.4 is 5.32 Å². The van der Waals surface area contributed by atoms with Crippen molar-refractivity contribution in [3.63, 3.8) is 0 Å². The maximum Gasteiger partial charge on any atom is 0.384 e. The molecule has 1 aliphatic heterocycles. The van der Waals surface area contributed by atoms with Crippen LogP contribution in [0.1, 0.15) is 13.3 Å². The molecule has 1 N–H and O–H groups in total. The summed E-state index contributed by atoms with van der Waals surface area (Å²) in [6.45, 7) is 4.36. The van der Waals surface area contributed by atoms with E-state index in [-0.39, 0.29) is 5.97 Å². The average molecular weight is 193 g/mol. The molecular weight excluding hydrogens is 178 g/mol. The van der Waals surface area contributed by atoms with Gasteiger partial charge < -0.3 is 10.1 Å². The molecule has 0 bridgehead atoms. The molecule has 0 radical (unpaired) electrons. The van der Waals surface area contributed by atoms with Crippen molar-refractivity contribution in [1.82, 2.24) is 5.32 Å². The van der Waals surface area contributed by atoms with Crippen LogP contribution >= 0.6 is 0 Å². The summed E-state index contributed by atoms with van der Waals surface area (Å²) in [6.07, 6.45) is 1.20. The van der Waals surface area contributed by atoms with E-state index in [2.05, 4.69) is 17.2 Å². The minimum Gasteiger partial charge on any atom is -0.456 e. The summed E-state index contributed by atoms with van der Waals surface area (Å²) < 4.78 is 4.75. The van der Waals surface area contributed by atoms with E-state index in [1.54, 1.807) is 6.92 Å². The molecule has 1 heterocycles. The second-order valence-corrected chi connectivity index (χ2v) is 3.84. The van der Waals surface area contributed by atoms with Crippen molar-refractivity contribution >= 4 is 5.97 Å². The zero-order valence-corrected chi connectivity index (χ0v) is 8.38. The molecule has 0 amide bonds. The van der Waals surface area contributed by atoms with Gasteiger partial charge in [-0.15, -0.1) is 0 Å². The van der Waals surface area contributed by atoms with Gasteiger partial charge >= 0.3 is 5.97 Å². The van der Waals surface area contributed by atoms with Gasteiger partial charge in [-0.1, -0.05) is 5.92 Å². The predicted molar refractivity (Wildman–Crippen MR) is 52.4 cm³/mol. The molecule has 14 heavy (non-hydrogen) atoms. The lowest BCUT2D eigenvalue weighted by Gasteiger charge is -2.07. The molecule has 0 aromatic heterocycles. The van der Waals surface area contributed by atoms with Crippen LogP contribution in [0.3, 0.4) is 0 Å². The SMILES string of the molecule is CCOC(=O)C#CC1C2CCNCC12. The number of carbonyl (C=O) groups excluding carboxylic acids is 1. The molecule has 3 nitrogen and oxygen atoms in total. The lowest BCUT2D eigenvalue weighted by Crippen LogP contribution is -2.23. The minimum atomic E-state index is -0.385.